The summed E-state index contributed by atoms with van der Waals surface area (Å²) in [6.45, 7) is 8.03. The summed E-state index contributed by atoms with van der Waals surface area (Å²) in [4.78, 5) is 0. The second-order valence-corrected chi connectivity index (χ2v) is 7.19. The molecule has 1 saturated carbocycles. The first-order valence-corrected chi connectivity index (χ1v) is 7.77. The van der Waals surface area contributed by atoms with Gasteiger partial charge in [-0.3, -0.25) is 0 Å². The van der Waals surface area contributed by atoms with Crippen molar-refractivity contribution in [1.29, 1.82) is 0 Å². The zero-order valence-corrected chi connectivity index (χ0v) is 13.3. The fourth-order valence-electron chi connectivity index (χ4n) is 2.68. The molecule has 1 aliphatic carbocycles. The van der Waals surface area contributed by atoms with Crippen LogP contribution in [0.4, 0.5) is 0 Å². The minimum atomic E-state index is 0.408. The molecule has 1 unspecified atom stereocenters. The van der Waals surface area contributed by atoms with Crippen LogP contribution in [0.25, 0.3) is 0 Å². The molecule has 2 rings (SSSR count). The molecule has 1 aromatic rings. The lowest BCUT2D eigenvalue weighted by Crippen LogP contribution is -2.38. The average Bonchev–Trinajstić information content (AvgIpc) is 3.10. The van der Waals surface area contributed by atoms with Gasteiger partial charge in [-0.05, 0) is 48.3 Å². The maximum absolute atomic E-state index is 3.63. The van der Waals surface area contributed by atoms with E-state index in [1.54, 1.807) is 0 Å². The number of rotatable bonds is 6. The van der Waals surface area contributed by atoms with Crippen LogP contribution in [0.15, 0.2) is 28.7 Å². The van der Waals surface area contributed by atoms with Crippen molar-refractivity contribution in [2.24, 2.45) is 11.3 Å². The zero-order chi connectivity index (χ0) is 13.2. The summed E-state index contributed by atoms with van der Waals surface area (Å²) in [6, 6.07) is 9.33. The Morgan fingerprint density at radius 3 is 2.67 bits per heavy atom. The van der Waals surface area contributed by atoms with Crippen LogP contribution in [0, 0.1) is 11.3 Å². The van der Waals surface area contributed by atoms with Crippen LogP contribution >= 0.6 is 15.9 Å². The first-order valence-electron chi connectivity index (χ1n) is 6.97. The second-order valence-electron chi connectivity index (χ2n) is 6.27. The van der Waals surface area contributed by atoms with Crippen LogP contribution in [0.5, 0.6) is 0 Å². The van der Waals surface area contributed by atoms with E-state index in [-0.39, 0.29) is 0 Å². The maximum atomic E-state index is 3.63. The van der Waals surface area contributed by atoms with Gasteiger partial charge in [0.05, 0.1) is 0 Å². The van der Waals surface area contributed by atoms with E-state index < -0.39 is 0 Å². The zero-order valence-electron chi connectivity index (χ0n) is 11.7. The third-order valence-corrected chi connectivity index (χ3v) is 4.47. The fourth-order valence-corrected chi connectivity index (χ4v) is 3.13. The Balaban J connectivity index is 2.05. The van der Waals surface area contributed by atoms with Gasteiger partial charge in [0, 0.05) is 17.1 Å². The monoisotopic (exact) mass is 309 g/mol. The van der Waals surface area contributed by atoms with Crippen molar-refractivity contribution in [2.45, 2.75) is 46.1 Å². The highest BCUT2D eigenvalue weighted by atomic mass is 79.9. The van der Waals surface area contributed by atoms with E-state index in [1.165, 1.54) is 29.3 Å². The number of hydrogen-bond donors (Lipinski definition) is 1. The quantitative estimate of drug-likeness (QED) is 0.821. The van der Waals surface area contributed by atoms with E-state index in [0.717, 1.165) is 12.5 Å². The summed E-state index contributed by atoms with van der Waals surface area (Å²) < 4.78 is 1.19. The van der Waals surface area contributed by atoms with Crippen LogP contribution in [0.3, 0.4) is 0 Å². The van der Waals surface area contributed by atoms with Crippen LogP contribution in [-0.4, -0.2) is 12.6 Å². The van der Waals surface area contributed by atoms with Gasteiger partial charge in [-0.2, -0.15) is 0 Å². The Morgan fingerprint density at radius 2 is 2.11 bits per heavy atom. The Hall–Kier alpha value is -0.340. The topological polar surface area (TPSA) is 12.0 Å². The van der Waals surface area contributed by atoms with E-state index >= 15 is 0 Å². The third kappa shape index (κ3) is 3.83. The van der Waals surface area contributed by atoms with Crippen molar-refractivity contribution in [3.63, 3.8) is 0 Å². The fraction of sp³-hybridized carbons (Fsp3) is 0.625. The first kappa shape index (κ1) is 14.1. The van der Waals surface area contributed by atoms with E-state index in [1.807, 2.05) is 0 Å². The Bertz CT molecular complexity index is 398. The van der Waals surface area contributed by atoms with Crippen LogP contribution in [-0.2, 0) is 6.42 Å². The van der Waals surface area contributed by atoms with Crippen molar-refractivity contribution < 1.29 is 0 Å². The Labute approximate surface area is 119 Å². The molecule has 18 heavy (non-hydrogen) atoms. The molecule has 0 aliphatic heterocycles. The Morgan fingerprint density at radius 1 is 1.39 bits per heavy atom. The molecule has 1 N–H and O–H groups in total. The number of benzene rings is 1. The minimum Gasteiger partial charge on any atom is -0.314 e. The van der Waals surface area contributed by atoms with E-state index in [4.69, 9.17) is 0 Å². The minimum absolute atomic E-state index is 0.408. The van der Waals surface area contributed by atoms with Crippen molar-refractivity contribution in [3.8, 4) is 0 Å². The van der Waals surface area contributed by atoms with E-state index in [2.05, 4.69) is 66.3 Å². The summed E-state index contributed by atoms with van der Waals surface area (Å²) >= 11 is 3.57. The average molecular weight is 310 g/mol. The molecule has 0 aromatic heterocycles. The van der Waals surface area contributed by atoms with Crippen LogP contribution in [0.2, 0.25) is 0 Å². The van der Waals surface area contributed by atoms with E-state index in [9.17, 15) is 0 Å². The van der Waals surface area contributed by atoms with Crippen molar-refractivity contribution in [1.82, 2.24) is 5.32 Å². The summed E-state index contributed by atoms with van der Waals surface area (Å²) in [6.07, 6.45) is 3.99. The molecule has 1 fully saturated rings. The molecule has 0 saturated heterocycles. The SMILES string of the molecule is CC(C)NCC(C)(Cc1cccc(Br)c1)C1CC1. The van der Waals surface area contributed by atoms with E-state index in [0.29, 0.717) is 11.5 Å². The summed E-state index contributed by atoms with van der Waals surface area (Å²) in [7, 11) is 0. The number of hydrogen-bond acceptors (Lipinski definition) is 1. The highest BCUT2D eigenvalue weighted by molar-refractivity contribution is 9.10. The molecule has 100 valence electrons. The molecule has 0 amide bonds. The highest BCUT2D eigenvalue weighted by Crippen LogP contribution is 2.47. The molecule has 1 aromatic carbocycles. The predicted octanol–water partition coefficient (Wildman–Crippen LogP) is 4.41. The van der Waals surface area contributed by atoms with Crippen molar-refractivity contribution >= 4 is 15.9 Å². The molecule has 2 heteroatoms. The lowest BCUT2D eigenvalue weighted by molar-refractivity contribution is 0.248. The van der Waals surface area contributed by atoms with Gasteiger partial charge in [-0.15, -0.1) is 0 Å². The van der Waals surface area contributed by atoms with Crippen molar-refractivity contribution in [3.05, 3.63) is 34.3 Å². The number of nitrogens with one attached hydrogen (secondary N) is 1. The second kappa shape index (κ2) is 5.75. The molecular weight excluding hydrogens is 286 g/mol. The lowest BCUT2D eigenvalue weighted by atomic mass is 9.78. The maximum Gasteiger partial charge on any atom is 0.0177 e. The Kier molecular flexibility index (Phi) is 4.50. The third-order valence-electron chi connectivity index (χ3n) is 3.97. The molecule has 1 nitrogen and oxygen atoms in total. The van der Waals surface area contributed by atoms with Crippen LogP contribution < -0.4 is 5.32 Å². The van der Waals surface area contributed by atoms with Gasteiger partial charge in [-0.1, -0.05) is 48.8 Å². The van der Waals surface area contributed by atoms with Gasteiger partial charge in [0.15, 0.2) is 0 Å². The number of halogens is 1. The summed E-state index contributed by atoms with van der Waals surface area (Å²) in [5.41, 5.74) is 1.86. The molecule has 1 aliphatic rings. The molecule has 1 atom stereocenters. The van der Waals surface area contributed by atoms with Gasteiger partial charge in [0.1, 0.15) is 0 Å². The van der Waals surface area contributed by atoms with Gasteiger partial charge < -0.3 is 5.32 Å². The van der Waals surface area contributed by atoms with Gasteiger partial charge in [-0.25, -0.2) is 0 Å². The lowest BCUT2D eigenvalue weighted by Gasteiger charge is -2.31. The van der Waals surface area contributed by atoms with Gasteiger partial charge in [0.2, 0.25) is 0 Å². The predicted molar refractivity (Wildman–Crippen MR) is 81.8 cm³/mol. The van der Waals surface area contributed by atoms with Crippen molar-refractivity contribution in [2.75, 3.05) is 6.54 Å². The first-order chi connectivity index (χ1) is 8.49. The summed E-state index contributed by atoms with van der Waals surface area (Å²) in [5.74, 6) is 0.905. The molecule has 0 radical (unpaired) electrons. The molecule has 0 spiro atoms. The standard InChI is InChI=1S/C16H24BrN/c1-12(2)18-11-16(3,14-7-8-14)10-13-5-4-6-15(17)9-13/h4-6,9,12,14,18H,7-8,10-11H2,1-3H3. The molecular formula is C16H24BrN. The van der Waals surface area contributed by atoms with Gasteiger partial charge in [0.25, 0.3) is 0 Å². The van der Waals surface area contributed by atoms with Crippen LogP contribution in [0.1, 0.15) is 39.2 Å². The highest BCUT2D eigenvalue weighted by Gasteiger charge is 2.41. The smallest absolute Gasteiger partial charge is 0.0177 e. The van der Waals surface area contributed by atoms with Gasteiger partial charge >= 0.3 is 0 Å². The largest absolute Gasteiger partial charge is 0.314 e. The summed E-state index contributed by atoms with van der Waals surface area (Å²) in [5, 5.41) is 3.63. The molecule has 0 heterocycles. The molecule has 0 bridgehead atoms. The normalized spacial score (nSPS) is 18.9.